The molecule has 34 heavy (non-hydrogen) atoms. The number of aromatic nitrogens is 2. The summed E-state index contributed by atoms with van der Waals surface area (Å²) in [5.41, 5.74) is 1.43. The van der Waals surface area contributed by atoms with Crippen LogP contribution in [0.5, 0.6) is 5.75 Å². The van der Waals surface area contributed by atoms with Crippen molar-refractivity contribution in [1.82, 2.24) is 24.1 Å². The van der Waals surface area contributed by atoms with E-state index in [1.54, 1.807) is 48.3 Å². The number of nitrogens with zero attached hydrogens (tertiary/aromatic N) is 5. The highest BCUT2D eigenvalue weighted by molar-refractivity contribution is 7.89. The number of ether oxygens (including phenoxy) is 1. The molecule has 0 saturated carbocycles. The molecule has 1 amide bonds. The molecule has 10 nitrogen and oxygen atoms in total. The highest BCUT2D eigenvalue weighted by atomic mass is 32.2. The molecule has 0 saturated heterocycles. The van der Waals surface area contributed by atoms with Crippen LogP contribution in [0.2, 0.25) is 0 Å². The summed E-state index contributed by atoms with van der Waals surface area (Å²) in [5, 5.41) is 9.77. The van der Waals surface area contributed by atoms with Gasteiger partial charge in [-0.1, -0.05) is 13.0 Å². The largest absolute Gasteiger partial charge is 0.487 e. The Balaban J connectivity index is 2.06. The summed E-state index contributed by atoms with van der Waals surface area (Å²) in [5.74, 6) is -0.122. The number of rotatable bonds is 7. The lowest BCUT2D eigenvalue weighted by atomic mass is 10.0. The Morgan fingerprint density at radius 1 is 1.24 bits per heavy atom. The van der Waals surface area contributed by atoms with E-state index in [-0.39, 0.29) is 48.7 Å². The molecule has 0 unspecified atom stereocenters. The van der Waals surface area contributed by atoms with E-state index >= 15 is 0 Å². The van der Waals surface area contributed by atoms with Crippen molar-refractivity contribution in [2.45, 2.75) is 30.9 Å². The minimum absolute atomic E-state index is 0.0209. The van der Waals surface area contributed by atoms with E-state index < -0.39 is 22.2 Å². The second-order valence-corrected chi connectivity index (χ2v) is 10.9. The summed E-state index contributed by atoms with van der Waals surface area (Å²) in [6, 6.07) is 4.25. The van der Waals surface area contributed by atoms with Crippen LogP contribution in [0.1, 0.15) is 13.8 Å². The molecular formula is C23H33N5O5S. The first-order valence-electron chi connectivity index (χ1n) is 11.1. The number of carbonyl (C=O) groups excluding carboxylic acids is 1. The number of likely N-dealkylation sites (N-methyl/N-ethyl adjacent to an activating group) is 2. The molecule has 11 heteroatoms. The number of aliphatic hydroxyl groups is 1. The Kier molecular flexibility index (Phi) is 8.24. The molecule has 186 valence electrons. The zero-order chi connectivity index (χ0) is 25.0. The van der Waals surface area contributed by atoms with Crippen molar-refractivity contribution in [3.63, 3.8) is 0 Å². The maximum atomic E-state index is 13.6. The van der Waals surface area contributed by atoms with E-state index in [2.05, 4.69) is 9.97 Å². The van der Waals surface area contributed by atoms with Gasteiger partial charge in [0.1, 0.15) is 23.1 Å². The van der Waals surface area contributed by atoms with Gasteiger partial charge in [0.05, 0.1) is 19.7 Å². The number of sulfonamides is 1. The number of amides is 1. The van der Waals surface area contributed by atoms with E-state index in [4.69, 9.17) is 4.74 Å². The average Bonchev–Trinajstić information content (AvgIpc) is 2.80. The molecule has 1 aliphatic heterocycles. The smallest absolute Gasteiger partial charge is 0.247 e. The Bertz CT molecular complexity index is 1100. The molecule has 1 aromatic heterocycles. The molecule has 0 aliphatic carbocycles. The van der Waals surface area contributed by atoms with Gasteiger partial charge in [-0.2, -0.15) is 4.31 Å². The minimum atomic E-state index is -3.94. The van der Waals surface area contributed by atoms with Gasteiger partial charge in [-0.15, -0.1) is 0 Å². The van der Waals surface area contributed by atoms with Gasteiger partial charge in [0.15, 0.2) is 0 Å². The van der Waals surface area contributed by atoms with Gasteiger partial charge in [-0.3, -0.25) is 4.79 Å². The molecule has 3 atom stereocenters. The van der Waals surface area contributed by atoms with Gasteiger partial charge in [-0.05, 0) is 38.7 Å². The first-order valence-corrected chi connectivity index (χ1v) is 12.6. The van der Waals surface area contributed by atoms with Crippen molar-refractivity contribution in [2.75, 3.05) is 47.4 Å². The Hall–Kier alpha value is -2.60. The maximum absolute atomic E-state index is 13.6. The van der Waals surface area contributed by atoms with Crippen LogP contribution in [0.3, 0.4) is 0 Å². The van der Waals surface area contributed by atoms with E-state index in [1.807, 2.05) is 21.0 Å². The zero-order valence-electron chi connectivity index (χ0n) is 20.2. The molecule has 2 heterocycles. The van der Waals surface area contributed by atoms with Crippen LogP contribution in [-0.4, -0.2) is 103 Å². The molecule has 1 aliphatic rings. The summed E-state index contributed by atoms with van der Waals surface area (Å²) in [4.78, 5) is 24.1. The molecular weight excluding hydrogens is 458 g/mol. The van der Waals surface area contributed by atoms with Crippen LogP contribution < -0.4 is 4.74 Å². The predicted octanol–water partition coefficient (Wildman–Crippen LogP) is 0.932. The second kappa shape index (κ2) is 10.8. The first-order chi connectivity index (χ1) is 16.0. The topological polar surface area (TPSA) is 116 Å². The van der Waals surface area contributed by atoms with Crippen LogP contribution in [0, 0.1) is 5.92 Å². The van der Waals surface area contributed by atoms with Crippen LogP contribution in [-0.2, 0) is 14.8 Å². The molecule has 2 aromatic rings. The van der Waals surface area contributed by atoms with Crippen molar-refractivity contribution >= 4 is 15.9 Å². The van der Waals surface area contributed by atoms with Gasteiger partial charge in [-0.25, -0.2) is 18.4 Å². The highest BCUT2D eigenvalue weighted by Gasteiger charge is 2.38. The summed E-state index contributed by atoms with van der Waals surface area (Å²) in [6.45, 7) is 3.94. The summed E-state index contributed by atoms with van der Waals surface area (Å²) < 4.78 is 34.8. The number of fused-ring (bicyclic) bond motifs is 1. The predicted molar refractivity (Wildman–Crippen MR) is 128 cm³/mol. The quantitative estimate of drug-likeness (QED) is 0.608. The van der Waals surface area contributed by atoms with Crippen LogP contribution >= 0.6 is 0 Å². The number of carbonyl (C=O) groups is 1. The number of benzene rings is 1. The monoisotopic (exact) mass is 491 g/mol. The van der Waals surface area contributed by atoms with Crippen LogP contribution in [0.15, 0.2) is 41.8 Å². The van der Waals surface area contributed by atoms with E-state index in [0.29, 0.717) is 5.56 Å². The fraction of sp³-hybridized carbons (Fsp3) is 0.522. The average molecular weight is 492 g/mol. The van der Waals surface area contributed by atoms with Gasteiger partial charge in [0, 0.05) is 43.5 Å². The van der Waals surface area contributed by atoms with Gasteiger partial charge < -0.3 is 19.6 Å². The molecule has 0 fully saturated rings. The minimum Gasteiger partial charge on any atom is -0.487 e. The maximum Gasteiger partial charge on any atom is 0.247 e. The third kappa shape index (κ3) is 5.72. The molecule has 0 bridgehead atoms. The summed E-state index contributed by atoms with van der Waals surface area (Å²) >= 11 is 0. The van der Waals surface area contributed by atoms with Crippen molar-refractivity contribution in [3.8, 4) is 16.9 Å². The third-order valence-corrected chi connectivity index (χ3v) is 7.91. The molecule has 3 rings (SSSR count). The standard InChI is InChI=1S/C23H33N5O5S/c1-16-11-28(17(2)14-29)34(31,32)22-7-6-18(19-9-24-15-25-10-19)8-20(22)33-21(16)12-27(5)23(30)13-26(3)4/h6-10,15-17,21,29H,11-14H2,1-5H3/t16-,17+,21+/m0/s1. The van der Waals surface area contributed by atoms with Crippen LogP contribution in [0.25, 0.3) is 11.1 Å². The number of hydrogen-bond donors (Lipinski definition) is 1. The molecule has 1 aromatic carbocycles. The van der Waals surface area contributed by atoms with Crippen molar-refractivity contribution in [2.24, 2.45) is 5.92 Å². The van der Waals surface area contributed by atoms with Gasteiger partial charge >= 0.3 is 0 Å². The van der Waals surface area contributed by atoms with Crippen molar-refractivity contribution in [3.05, 3.63) is 36.9 Å². The summed E-state index contributed by atoms with van der Waals surface area (Å²) in [6.07, 6.45) is 4.23. The van der Waals surface area contributed by atoms with Crippen LogP contribution in [0.4, 0.5) is 0 Å². The van der Waals surface area contributed by atoms with Crippen molar-refractivity contribution in [1.29, 1.82) is 0 Å². The Labute approximate surface area is 201 Å². The molecule has 0 radical (unpaired) electrons. The van der Waals surface area contributed by atoms with Gasteiger partial charge in [0.25, 0.3) is 0 Å². The van der Waals surface area contributed by atoms with E-state index in [0.717, 1.165) is 5.56 Å². The number of hydrogen-bond acceptors (Lipinski definition) is 8. The fourth-order valence-corrected chi connectivity index (χ4v) is 5.66. The van der Waals surface area contributed by atoms with E-state index in [1.165, 1.54) is 16.7 Å². The number of aliphatic hydroxyl groups excluding tert-OH is 1. The third-order valence-electron chi connectivity index (χ3n) is 5.89. The fourth-order valence-electron chi connectivity index (χ4n) is 3.83. The molecule has 0 spiro atoms. The van der Waals surface area contributed by atoms with Gasteiger partial charge in [0.2, 0.25) is 15.9 Å². The second-order valence-electron chi connectivity index (χ2n) is 9.04. The first kappa shape index (κ1) is 26.0. The van der Waals surface area contributed by atoms with Crippen molar-refractivity contribution < 1.29 is 23.1 Å². The normalized spacial score (nSPS) is 21.1. The summed E-state index contributed by atoms with van der Waals surface area (Å²) in [7, 11) is 1.42. The lowest BCUT2D eigenvalue weighted by molar-refractivity contribution is -0.132. The molecule has 1 N–H and O–H groups in total. The SMILES string of the molecule is C[C@H](CO)N1C[C@H](C)[C@@H](CN(C)C(=O)CN(C)C)Oc2cc(-c3cncnc3)ccc2S1(=O)=O. The lowest BCUT2D eigenvalue weighted by Crippen LogP contribution is -2.50. The Morgan fingerprint density at radius 2 is 1.91 bits per heavy atom. The lowest BCUT2D eigenvalue weighted by Gasteiger charge is -2.37. The zero-order valence-corrected chi connectivity index (χ0v) is 21.1. The highest BCUT2D eigenvalue weighted by Crippen LogP contribution is 2.36. The van der Waals surface area contributed by atoms with E-state index in [9.17, 15) is 18.3 Å². The Morgan fingerprint density at radius 3 is 2.53 bits per heavy atom.